The molecule has 0 radical (unpaired) electrons. The molecule has 2 aliphatic heterocycles. The number of hydrogen-bond acceptors (Lipinski definition) is 4. The van der Waals surface area contributed by atoms with E-state index in [1.165, 1.54) is 0 Å². The summed E-state index contributed by atoms with van der Waals surface area (Å²) in [6.07, 6.45) is 4.78. The zero-order valence-electron chi connectivity index (χ0n) is 8.06. The Balaban J connectivity index is 2.13. The summed E-state index contributed by atoms with van der Waals surface area (Å²) in [6.45, 7) is 0.745. The van der Waals surface area contributed by atoms with E-state index in [1.807, 2.05) is 0 Å². The van der Waals surface area contributed by atoms with Crippen LogP contribution in [-0.2, 0) is 4.74 Å². The Morgan fingerprint density at radius 1 is 1.67 bits per heavy atom. The van der Waals surface area contributed by atoms with Crippen molar-refractivity contribution >= 4 is 48.0 Å². The van der Waals surface area contributed by atoms with Gasteiger partial charge in [-0.1, -0.05) is 0 Å². The molecule has 7 heteroatoms. The van der Waals surface area contributed by atoms with Gasteiger partial charge in [0.2, 0.25) is 0 Å². The first-order valence-corrected chi connectivity index (χ1v) is 11.0. The van der Waals surface area contributed by atoms with E-state index in [0.717, 1.165) is 29.6 Å². The van der Waals surface area contributed by atoms with Crippen molar-refractivity contribution < 1.29 is 9.66 Å². The SMILES string of the molecule is O=[N+]([O-])[C]1=CC(I)=[N][In]1[CH]1CCCCO1. The third-order valence-electron chi connectivity index (χ3n) is 2.61. The molecule has 0 bridgehead atoms. The molecule has 1 fully saturated rings. The van der Waals surface area contributed by atoms with Crippen LogP contribution in [0.25, 0.3) is 0 Å². The first kappa shape index (κ1) is 11.8. The average molecular weight is 424 g/mol. The van der Waals surface area contributed by atoms with Crippen molar-refractivity contribution in [1.29, 1.82) is 0 Å². The number of hydrogen-bond donors (Lipinski definition) is 0. The number of ether oxygens (including phenoxy) is 1. The Morgan fingerprint density at radius 3 is 3.07 bits per heavy atom. The van der Waals surface area contributed by atoms with Crippen LogP contribution < -0.4 is 0 Å². The zero-order chi connectivity index (χ0) is 10.8. The minimum absolute atomic E-state index is 0.101. The molecule has 1 atom stereocenters. The number of nitrogens with zero attached hydrogens (tertiary/aromatic N) is 2. The first-order chi connectivity index (χ1) is 7.18. The second-order valence-corrected chi connectivity index (χ2v) is 11.8. The fourth-order valence-corrected chi connectivity index (χ4v) is 12.1. The Labute approximate surface area is 109 Å². The first-order valence-electron chi connectivity index (χ1n) is 4.89. The monoisotopic (exact) mass is 424 g/mol. The molecular formula is C8H10IInN2O3. The van der Waals surface area contributed by atoms with Gasteiger partial charge in [0.15, 0.2) is 0 Å². The van der Waals surface area contributed by atoms with E-state index in [0.29, 0.717) is 3.45 Å². The molecule has 0 saturated carbocycles. The summed E-state index contributed by atoms with van der Waals surface area (Å²) in [5.41, 5.74) is 0. The molecule has 5 nitrogen and oxygen atoms in total. The molecule has 0 aliphatic carbocycles. The van der Waals surface area contributed by atoms with Crippen molar-refractivity contribution in [3.63, 3.8) is 0 Å². The molecule has 2 rings (SSSR count). The summed E-state index contributed by atoms with van der Waals surface area (Å²) >= 11 is -0.571. The van der Waals surface area contributed by atoms with Gasteiger partial charge >= 0.3 is 110 Å². The van der Waals surface area contributed by atoms with Gasteiger partial charge in [-0.2, -0.15) is 0 Å². The molecule has 0 amide bonds. The predicted molar refractivity (Wildman–Crippen MR) is 65.9 cm³/mol. The van der Waals surface area contributed by atoms with Gasteiger partial charge in [-0.25, -0.2) is 0 Å². The standard InChI is InChI=1S/C5H9O.C3HIN2O2.In/c1-2-4-6-5-3-1;4-3(5)1-2-6(7)8;/h4H,1-3,5H2;1H;/q;-1;+1. The van der Waals surface area contributed by atoms with Gasteiger partial charge in [-0.3, -0.25) is 0 Å². The maximum absolute atomic E-state index is 10.9. The number of halogens is 1. The molecule has 0 aromatic heterocycles. The van der Waals surface area contributed by atoms with Crippen molar-refractivity contribution in [2.45, 2.75) is 23.1 Å². The van der Waals surface area contributed by atoms with E-state index in [2.05, 4.69) is 25.6 Å². The second-order valence-electron chi connectivity index (χ2n) is 3.63. The topological polar surface area (TPSA) is 64.7 Å². The number of allylic oxidation sites excluding steroid dienone is 1. The number of rotatable bonds is 2. The molecule has 0 aromatic rings. The van der Waals surface area contributed by atoms with Crippen LogP contribution in [0.5, 0.6) is 0 Å². The Morgan fingerprint density at radius 2 is 2.47 bits per heavy atom. The van der Waals surface area contributed by atoms with Crippen LogP contribution in [-0.4, -0.2) is 40.8 Å². The van der Waals surface area contributed by atoms with Crippen LogP contribution in [0.3, 0.4) is 0 Å². The van der Waals surface area contributed by atoms with Crippen LogP contribution in [0.15, 0.2) is 12.5 Å². The number of nitro groups is 1. The summed E-state index contributed by atoms with van der Waals surface area (Å²) in [5.74, 6) is 0. The Hall–Kier alpha value is 0.370. The van der Waals surface area contributed by atoms with Crippen molar-refractivity contribution in [1.82, 2.24) is 0 Å². The Kier molecular flexibility index (Phi) is 4.05. The van der Waals surface area contributed by atoms with Gasteiger partial charge in [0.25, 0.3) is 0 Å². The van der Waals surface area contributed by atoms with E-state index in [4.69, 9.17) is 4.74 Å². The molecule has 2 aliphatic rings. The van der Waals surface area contributed by atoms with Crippen molar-refractivity contribution in [3.05, 3.63) is 19.6 Å². The van der Waals surface area contributed by atoms with E-state index in [9.17, 15) is 10.1 Å². The summed E-state index contributed by atoms with van der Waals surface area (Å²) in [4.78, 5) is 10.6. The normalized spacial score (nSPS) is 26.2. The van der Waals surface area contributed by atoms with E-state index < -0.39 is 21.7 Å². The maximum atomic E-state index is 10.9. The molecule has 2 heterocycles. The molecular weight excluding hydrogens is 414 g/mol. The molecule has 0 aromatic carbocycles. The van der Waals surface area contributed by atoms with E-state index in [-0.39, 0.29) is 8.78 Å². The summed E-state index contributed by atoms with van der Waals surface area (Å²) in [6, 6.07) is 0. The zero-order valence-corrected chi connectivity index (χ0v) is 13.5. The van der Waals surface area contributed by atoms with Gasteiger partial charge < -0.3 is 0 Å². The van der Waals surface area contributed by atoms with Crippen LogP contribution in [0.4, 0.5) is 0 Å². The molecule has 15 heavy (non-hydrogen) atoms. The predicted octanol–water partition coefficient (Wildman–Crippen LogP) is 1.63. The van der Waals surface area contributed by atoms with Gasteiger partial charge in [0.05, 0.1) is 0 Å². The van der Waals surface area contributed by atoms with Crippen molar-refractivity contribution in [3.8, 4) is 0 Å². The van der Waals surface area contributed by atoms with Crippen LogP contribution >= 0.6 is 22.6 Å². The van der Waals surface area contributed by atoms with Crippen LogP contribution in [0.1, 0.15) is 19.3 Å². The Bertz CT molecular complexity index is 339. The summed E-state index contributed by atoms with van der Waals surface area (Å²) in [7, 11) is 0. The van der Waals surface area contributed by atoms with Crippen molar-refractivity contribution in [2.24, 2.45) is 2.98 Å². The average Bonchev–Trinajstić information content (AvgIpc) is 2.62. The summed E-state index contributed by atoms with van der Waals surface area (Å²) < 4.78 is 11.4. The molecule has 80 valence electrons. The quantitative estimate of drug-likeness (QED) is 0.385. The minimum atomic E-state index is -2.63. The molecule has 0 spiro atoms. The van der Waals surface area contributed by atoms with Gasteiger partial charge in [-0.05, 0) is 0 Å². The van der Waals surface area contributed by atoms with E-state index >= 15 is 0 Å². The third kappa shape index (κ3) is 2.73. The van der Waals surface area contributed by atoms with Crippen molar-refractivity contribution in [2.75, 3.05) is 6.61 Å². The summed E-state index contributed by atoms with van der Waals surface area (Å²) in [5, 5.41) is 10.9. The van der Waals surface area contributed by atoms with Gasteiger partial charge in [-0.15, -0.1) is 0 Å². The van der Waals surface area contributed by atoms with Crippen LogP contribution in [0.2, 0.25) is 0 Å². The third-order valence-corrected chi connectivity index (χ3v) is 12.6. The van der Waals surface area contributed by atoms with Gasteiger partial charge in [0.1, 0.15) is 0 Å². The fraction of sp³-hybridized carbons (Fsp3) is 0.625. The van der Waals surface area contributed by atoms with Gasteiger partial charge in [0, 0.05) is 0 Å². The molecule has 1 unspecified atom stereocenters. The fourth-order valence-electron chi connectivity index (χ4n) is 1.89. The second kappa shape index (κ2) is 5.13. The van der Waals surface area contributed by atoms with E-state index in [1.54, 1.807) is 6.08 Å². The van der Waals surface area contributed by atoms with Crippen LogP contribution in [0, 0.1) is 10.1 Å². The molecule has 0 N–H and O–H groups in total. The molecule has 1 saturated heterocycles.